The number of nitrogens with zero attached hydrogens (tertiary/aromatic N) is 1. The maximum atomic E-state index is 13.3. The molecule has 0 aliphatic heterocycles. The molecule has 96 valence electrons. The zero-order chi connectivity index (χ0) is 12.8. The Morgan fingerprint density at radius 1 is 1.35 bits per heavy atom. The van der Waals surface area contributed by atoms with E-state index >= 15 is 0 Å². The Balaban J connectivity index is 3.00. The third kappa shape index (κ3) is 3.70. The molecular weight excluding hydrogens is 215 g/mol. The summed E-state index contributed by atoms with van der Waals surface area (Å²) in [4.78, 5) is 2.27. The highest BCUT2D eigenvalue weighted by atomic mass is 19.1. The van der Waals surface area contributed by atoms with E-state index in [1.54, 1.807) is 6.07 Å². The molecule has 1 aromatic carbocycles. The molecule has 0 spiro atoms. The molecule has 17 heavy (non-hydrogen) atoms. The molecule has 0 saturated heterocycles. The molecule has 2 nitrogen and oxygen atoms in total. The zero-order valence-electron chi connectivity index (χ0n) is 11.0. The lowest BCUT2D eigenvalue weighted by Gasteiger charge is -2.27. The highest BCUT2D eigenvalue weighted by Crippen LogP contribution is 2.26. The third-order valence-electron chi connectivity index (χ3n) is 2.98. The summed E-state index contributed by atoms with van der Waals surface area (Å²) in [5.74, 6) is -0.215. The lowest BCUT2D eigenvalue weighted by Crippen LogP contribution is -2.26. The van der Waals surface area contributed by atoms with E-state index in [0.29, 0.717) is 0 Å². The summed E-state index contributed by atoms with van der Waals surface area (Å²) in [6.07, 6.45) is 2.30. The van der Waals surface area contributed by atoms with Gasteiger partial charge in [0, 0.05) is 24.8 Å². The minimum atomic E-state index is -0.215. The van der Waals surface area contributed by atoms with Crippen molar-refractivity contribution in [1.29, 1.82) is 0 Å². The Morgan fingerprint density at radius 2 is 2.06 bits per heavy atom. The van der Waals surface area contributed by atoms with E-state index in [2.05, 4.69) is 18.7 Å². The van der Waals surface area contributed by atoms with Crippen LogP contribution in [-0.2, 0) is 0 Å². The molecule has 0 aromatic heterocycles. The second-order valence-electron chi connectivity index (χ2n) is 4.43. The van der Waals surface area contributed by atoms with Crippen LogP contribution in [0.15, 0.2) is 18.2 Å². The van der Waals surface area contributed by atoms with E-state index in [-0.39, 0.29) is 11.9 Å². The first-order valence-electron chi connectivity index (χ1n) is 6.40. The van der Waals surface area contributed by atoms with E-state index in [0.717, 1.165) is 37.2 Å². The van der Waals surface area contributed by atoms with Gasteiger partial charge in [-0.3, -0.25) is 0 Å². The van der Waals surface area contributed by atoms with Gasteiger partial charge in [-0.1, -0.05) is 13.3 Å². The number of nitrogens with two attached hydrogens (primary N) is 1. The zero-order valence-corrected chi connectivity index (χ0v) is 11.0. The largest absolute Gasteiger partial charge is 0.372 e. The predicted octanol–water partition coefficient (Wildman–Crippen LogP) is 3.47. The Kier molecular flexibility index (Phi) is 5.42. The Hall–Kier alpha value is -1.09. The van der Waals surface area contributed by atoms with Crippen LogP contribution in [0.1, 0.15) is 45.2 Å². The van der Waals surface area contributed by atoms with Crippen LogP contribution in [0.5, 0.6) is 0 Å². The summed E-state index contributed by atoms with van der Waals surface area (Å²) in [6.45, 7) is 8.10. The molecular formula is C14H23FN2. The van der Waals surface area contributed by atoms with E-state index < -0.39 is 0 Å². The third-order valence-corrected chi connectivity index (χ3v) is 2.98. The maximum absolute atomic E-state index is 13.3. The van der Waals surface area contributed by atoms with Gasteiger partial charge in [0.15, 0.2) is 0 Å². The predicted molar refractivity (Wildman–Crippen MR) is 71.8 cm³/mol. The van der Waals surface area contributed by atoms with Crippen molar-refractivity contribution in [2.24, 2.45) is 5.73 Å². The molecule has 3 heteroatoms. The van der Waals surface area contributed by atoms with Crippen LogP contribution in [0.25, 0.3) is 0 Å². The maximum Gasteiger partial charge on any atom is 0.123 e. The van der Waals surface area contributed by atoms with Gasteiger partial charge >= 0.3 is 0 Å². The molecule has 1 aromatic rings. The minimum absolute atomic E-state index is 0.142. The van der Waals surface area contributed by atoms with E-state index in [1.165, 1.54) is 6.07 Å². The fraction of sp³-hybridized carbons (Fsp3) is 0.571. The summed E-state index contributed by atoms with van der Waals surface area (Å²) < 4.78 is 13.3. The van der Waals surface area contributed by atoms with Gasteiger partial charge in [-0.2, -0.15) is 0 Å². The van der Waals surface area contributed by atoms with Crippen molar-refractivity contribution in [2.45, 2.75) is 39.7 Å². The molecule has 0 amide bonds. The fourth-order valence-electron chi connectivity index (χ4n) is 1.98. The summed E-state index contributed by atoms with van der Waals surface area (Å²) >= 11 is 0. The van der Waals surface area contributed by atoms with Crippen molar-refractivity contribution in [1.82, 2.24) is 0 Å². The van der Waals surface area contributed by atoms with Crippen LogP contribution in [0, 0.1) is 5.82 Å². The summed E-state index contributed by atoms with van der Waals surface area (Å²) in [6, 6.07) is 4.76. The van der Waals surface area contributed by atoms with Crippen molar-refractivity contribution in [2.75, 3.05) is 18.0 Å². The van der Waals surface area contributed by atoms with Crippen LogP contribution in [-0.4, -0.2) is 13.1 Å². The molecule has 0 saturated carbocycles. The van der Waals surface area contributed by atoms with Crippen LogP contribution >= 0.6 is 0 Å². The number of anilines is 1. The van der Waals surface area contributed by atoms with Crippen molar-refractivity contribution in [3.8, 4) is 0 Å². The number of benzene rings is 1. The van der Waals surface area contributed by atoms with Gasteiger partial charge in [-0.25, -0.2) is 4.39 Å². The highest BCUT2D eigenvalue weighted by molar-refractivity contribution is 5.55. The summed E-state index contributed by atoms with van der Waals surface area (Å²) in [5.41, 5.74) is 7.87. The SMILES string of the molecule is CCCCN(CC)c1ccc(F)cc1C(C)N. The number of halogens is 1. The van der Waals surface area contributed by atoms with Gasteiger partial charge in [-0.05, 0) is 44.0 Å². The average molecular weight is 238 g/mol. The van der Waals surface area contributed by atoms with Crippen molar-refractivity contribution in [3.05, 3.63) is 29.6 Å². The number of hydrogen-bond donors (Lipinski definition) is 1. The number of unbranched alkanes of at least 4 members (excludes halogenated alkanes) is 1. The summed E-state index contributed by atoms with van der Waals surface area (Å²) in [5, 5.41) is 0. The van der Waals surface area contributed by atoms with Gasteiger partial charge in [0.05, 0.1) is 0 Å². The van der Waals surface area contributed by atoms with E-state index in [9.17, 15) is 4.39 Å². The Bertz CT molecular complexity index is 350. The van der Waals surface area contributed by atoms with Gasteiger partial charge < -0.3 is 10.6 Å². The molecule has 0 radical (unpaired) electrons. The molecule has 0 fully saturated rings. The van der Waals surface area contributed by atoms with E-state index in [1.807, 2.05) is 13.0 Å². The number of rotatable bonds is 6. The molecule has 1 unspecified atom stereocenters. The minimum Gasteiger partial charge on any atom is -0.372 e. The lowest BCUT2D eigenvalue weighted by atomic mass is 10.1. The molecule has 1 rings (SSSR count). The number of hydrogen-bond acceptors (Lipinski definition) is 2. The average Bonchev–Trinajstić information content (AvgIpc) is 2.31. The molecule has 0 bridgehead atoms. The van der Waals surface area contributed by atoms with Gasteiger partial charge in [0.2, 0.25) is 0 Å². The van der Waals surface area contributed by atoms with Crippen LogP contribution in [0.3, 0.4) is 0 Å². The highest BCUT2D eigenvalue weighted by Gasteiger charge is 2.13. The first-order valence-corrected chi connectivity index (χ1v) is 6.40. The topological polar surface area (TPSA) is 29.3 Å². The van der Waals surface area contributed by atoms with Crippen LogP contribution in [0.4, 0.5) is 10.1 Å². The van der Waals surface area contributed by atoms with Crippen molar-refractivity contribution < 1.29 is 4.39 Å². The lowest BCUT2D eigenvalue weighted by molar-refractivity contribution is 0.620. The monoisotopic (exact) mass is 238 g/mol. The van der Waals surface area contributed by atoms with Crippen LogP contribution < -0.4 is 10.6 Å². The molecule has 0 heterocycles. The Morgan fingerprint density at radius 3 is 2.59 bits per heavy atom. The quantitative estimate of drug-likeness (QED) is 0.822. The smallest absolute Gasteiger partial charge is 0.123 e. The second kappa shape index (κ2) is 6.60. The standard InChI is InChI=1S/C14H23FN2/c1-4-6-9-17(5-2)14-8-7-12(15)10-13(14)11(3)16/h7-8,10-11H,4-6,9,16H2,1-3H3. The molecule has 2 N–H and O–H groups in total. The molecule has 0 aliphatic carbocycles. The van der Waals surface area contributed by atoms with Crippen molar-refractivity contribution >= 4 is 5.69 Å². The Labute approximate surface area is 104 Å². The second-order valence-corrected chi connectivity index (χ2v) is 4.43. The first-order chi connectivity index (χ1) is 8.10. The van der Waals surface area contributed by atoms with Gasteiger partial charge in [-0.15, -0.1) is 0 Å². The normalized spacial score (nSPS) is 12.5. The molecule has 0 aliphatic rings. The first kappa shape index (κ1) is 14.0. The van der Waals surface area contributed by atoms with Crippen LogP contribution in [0.2, 0.25) is 0 Å². The molecule has 1 atom stereocenters. The van der Waals surface area contributed by atoms with Crippen molar-refractivity contribution in [3.63, 3.8) is 0 Å². The van der Waals surface area contributed by atoms with Gasteiger partial charge in [0.1, 0.15) is 5.82 Å². The van der Waals surface area contributed by atoms with E-state index in [4.69, 9.17) is 5.73 Å². The summed E-state index contributed by atoms with van der Waals surface area (Å²) in [7, 11) is 0. The van der Waals surface area contributed by atoms with Gasteiger partial charge in [0.25, 0.3) is 0 Å². The fourth-order valence-corrected chi connectivity index (χ4v) is 1.98.